The van der Waals surface area contributed by atoms with E-state index in [-0.39, 0.29) is 11.4 Å². The zero-order valence-corrected chi connectivity index (χ0v) is 26.6. The van der Waals surface area contributed by atoms with Crippen LogP contribution in [0.2, 0.25) is 0 Å². The van der Waals surface area contributed by atoms with Crippen LogP contribution in [0.5, 0.6) is 0 Å². The highest BCUT2D eigenvalue weighted by atomic mass is 79.9. The van der Waals surface area contributed by atoms with Crippen molar-refractivity contribution < 1.29 is 19.2 Å². The second-order valence-corrected chi connectivity index (χ2v) is 13.1. The molecule has 10 nitrogen and oxygen atoms in total. The molecule has 4 aromatic rings. The number of aromatic amines is 2. The number of hydrogen-bond donors (Lipinski definition) is 4. The van der Waals surface area contributed by atoms with Crippen LogP contribution in [0.3, 0.4) is 0 Å². The Balaban J connectivity index is 1.30. The Bertz CT molecular complexity index is 1790. The lowest BCUT2D eigenvalue weighted by Crippen LogP contribution is -2.53. The Morgan fingerprint density at radius 1 is 0.659 bits per heavy atom. The quantitative estimate of drug-likeness (QED) is 0.222. The summed E-state index contributed by atoms with van der Waals surface area (Å²) < 4.78 is 1.81. The Morgan fingerprint density at radius 2 is 1.09 bits per heavy atom. The summed E-state index contributed by atoms with van der Waals surface area (Å²) in [5.74, 6) is -1.74. The van der Waals surface area contributed by atoms with Crippen LogP contribution in [0, 0.1) is 0 Å². The van der Waals surface area contributed by atoms with Gasteiger partial charge in [0.1, 0.15) is 23.5 Å². The molecule has 4 N–H and O–H groups in total. The van der Waals surface area contributed by atoms with Crippen molar-refractivity contribution in [3.63, 3.8) is 0 Å². The summed E-state index contributed by atoms with van der Waals surface area (Å²) in [4.78, 5) is 65.1. The van der Waals surface area contributed by atoms with E-state index in [0.717, 1.165) is 41.9 Å². The molecule has 2 aromatic carbocycles. The first-order valence-electron chi connectivity index (χ1n) is 14.5. The topological polar surface area (TPSA) is 130 Å². The number of carbonyl (C=O) groups is 4. The number of rotatable bonds is 2. The highest BCUT2D eigenvalue weighted by Gasteiger charge is 2.41. The molecule has 0 aliphatic carbocycles. The molecule has 4 amide bonds. The molecule has 0 spiro atoms. The molecule has 3 fully saturated rings. The standard InChI is InChI=1S/C32H28Br2N6O4/c33-19-5-7-21-17(15-35-23(21)13-19)11-25-31(43)39-9-1-3-27(39)29(41)37-26(32(44)40-10-2-4-28(40)30(42)38-25)12-18-16-36-24-14-20(34)6-8-22(18)24/h5-8,11-16,27-28,35-36H,1-4,9-10H2,(H,37,41)(H,38,42)/b25-11-,26-12+. The first-order chi connectivity index (χ1) is 21.3. The molecule has 0 bridgehead atoms. The van der Waals surface area contributed by atoms with Crippen LogP contribution in [0.4, 0.5) is 0 Å². The van der Waals surface area contributed by atoms with E-state index < -0.39 is 35.7 Å². The number of carbonyl (C=O) groups excluding carboxylic acids is 4. The maximum absolute atomic E-state index is 14.1. The van der Waals surface area contributed by atoms with Crippen molar-refractivity contribution in [2.24, 2.45) is 0 Å². The molecular weight excluding hydrogens is 692 g/mol. The molecule has 3 aliphatic heterocycles. The van der Waals surface area contributed by atoms with Gasteiger partial charge in [-0.1, -0.05) is 44.0 Å². The fourth-order valence-corrected chi connectivity index (χ4v) is 7.12. The van der Waals surface area contributed by atoms with Gasteiger partial charge >= 0.3 is 0 Å². The third kappa shape index (κ3) is 5.15. The van der Waals surface area contributed by atoms with Crippen molar-refractivity contribution in [3.8, 4) is 0 Å². The molecule has 3 aliphatic rings. The van der Waals surface area contributed by atoms with Gasteiger partial charge in [-0.2, -0.15) is 0 Å². The summed E-state index contributed by atoms with van der Waals surface area (Å²) in [7, 11) is 0. The Kier molecular flexibility index (Phi) is 7.41. The molecule has 44 heavy (non-hydrogen) atoms. The number of aromatic nitrogens is 2. The summed E-state index contributed by atoms with van der Waals surface area (Å²) in [5, 5.41) is 7.48. The highest BCUT2D eigenvalue weighted by molar-refractivity contribution is 9.10. The van der Waals surface area contributed by atoms with E-state index in [1.54, 1.807) is 24.5 Å². The van der Waals surface area contributed by atoms with Gasteiger partial charge in [-0.05, 0) is 62.1 Å². The van der Waals surface area contributed by atoms with Crippen molar-refractivity contribution in [1.82, 2.24) is 30.4 Å². The van der Waals surface area contributed by atoms with Crippen LogP contribution in [0.15, 0.2) is 69.1 Å². The van der Waals surface area contributed by atoms with Gasteiger partial charge in [0.05, 0.1) is 0 Å². The fraction of sp³-hybridized carbons (Fsp3) is 0.250. The van der Waals surface area contributed by atoms with Gasteiger partial charge in [-0.3, -0.25) is 19.2 Å². The average Bonchev–Trinajstić information content (AvgIpc) is 3.81. The minimum absolute atomic E-state index is 0.0686. The van der Waals surface area contributed by atoms with Gasteiger partial charge in [0.25, 0.3) is 11.8 Å². The van der Waals surface area contributed by atoms with E-state index in [2.05, 4.69) is 52.5 Å². The summed E-state index contributed by atoms with van der Waals surface area (Å²) in [6.07, 6.45) is 8.96. The van der Waals surface area contributed by atoms with Crippen LogP contribution in [0.1, 0.15) is 36.8 Å². The van der Waals surface area contributed by atoms with Gasteiger partial charge in [-0.25, -0.2) is 0 Å². The number of nitrogens with one attached hydrogen (secondary N) is 4. The van der Waals surface area contributed by atoms with Crippen molar-refractivity contribution >= 4 is 89.4 Å². The maximum atomic E-state index is 14.1. The third-order valence-corrected chi connectivity index (χ3v) is 9.55. The molecule has 224 valence electrons. The number of H-pyrrole nitrogens is 2. The number of halogens is 2. The van der Waals surface area contributed by atoms with Crippen molar-refractivity contribution in [3.05, 3.63) is 80.3 Å². The molecular formula is C32H28Br2N6O4. The monoisotopic (exact) mass is 718 g/mol. The van der Waals surface area contributed by atoms with E-state index in [1.165, 1.54) is 9.80 Å². The van der Waals surface area contributed by atoms with Gasteiger partial charge < -0.3 is 30.4 Å². The van der Waals surface area contributed by atoms with Crippen LogP contribution < -0.4 is 10.6 Å². The minimum atomic E-state index is -0.800. The average molecular weight is 720 g/mol. The summed E-state index contributed by atoms with van der Waals surface area (Å²) >= 11 is 6.95. The van der Waals surface area contributed by atoms with E-state index in [9.17, 15) is 19.2 Å². The molecule has 2 aromatic heterocycles. The summed E-state index contributed by atoms with van der Waals surface area (Å²) in [6, 6.07) is 9.92. The fourth-order valence-electron chi connectivity index (χ4n) is 6.40. The zero-order chi connectivity index (χ0) is 30.5. The van der Waals surface area contributed by atoms with Crippen molar-refractivity contribution in [1.29, 1.82) is 0 Å². The number of fused-ring (bicyclic) bond motifs is 4. The van der Waals surface area contributed by atoms with E-state index in [1.807, 2.05) is 36.4 Å². The summed E-state index contributed by atoms with van der Waals surface area (Å²) in [6.45, 7) is 0.704. The van der Waals surface area contributed by atoms with Crippen LogP contribution >= 0.6 is 31.9 Å². The molecule has 0 saturated carbocycles. The largest absolute Gasteiger partial charge is 0.361 e. The lowest BCUT2D eigenvalue weighted by atomic mass is 10.1. The predicted molar refractivity (Wildman–Crippen MR) is 174 cm³/mol. The SMILES string of the molecule is O=C1N/C(=C/c2c[nH]c3cc(Br)ccc23)C(=O)N2CCCC2C(=O)N/C(=C\c2c[nH]c3cc(Br)ccc23)C(=O)N2CCCC12. The number of amides is 4. The zero-order valence-electron chi connectivity index (χ0n) is 23.5. The number of hydrogen-bond acceptors (Lipinski definition) is 4. The van der Waals surface area contributed by atoms with Crippen molar-refractivity contribution in [2.75, 3.05) is 13.1 Å². The Labute approximate surface area is 269 Å². The summed E-state index contributed by atoms with van der Waals surface area (Å²) in [5.41, 5.74) is 3.31. The molecule has 3 saturated heterocycles. The first kappa shape index (κ1) is 28.6. The van der Waals surface area contributed by atoms with Gasteiger partial charge in [0.2, 0.25) is 11.8 Å². The second-order valence-electron chi connectivity index (χ2n) is 11.3. The molecule has 12 heteroatoms. The van der Waals surface area contributed by atoms with Gasteiger partial charge in [-0.15, -0.1) is 0 Å². The Morgan fingerprint density at radius 3 is 1.52 bits per heavy atom. The van der Waals surface area contributed by atoms with Crippen LogP contribution in [-0.2, 0) is 19.2 Å². The highest BCUT2D eigenvalue weighted by Crippen LogP contribution is 2.29. The van der Waals surface area contributed by atoms with E-state index >= 15 is 0 Å². The lowest BCUT2D eigenvalue weighted by molar-refractivity contribution is -0.140. The minimum Gasteiger partial charge on any atom is -0.361 e. The Hall–Kier alpha value is -4.16. The molecule has 0 radical (unpaired) electrons. The first-order valence-corrected chi connectivity index (χ1v) is 16.1. The van der Waals surface area contributed by atoms with E-state index in [4.69, 9.17) is 0 Å². The molecule has 5 heterocycles. The third-order valence-electron chi connectivity index (χ3n) is 8.56. The lowest BCUT2D eigenvalue weighted by Gasteiger charge is -2.30. The predicted octanol–water partition coefficient (Wildman–Crippen LogP) is 4.78. The van der Waals surface area contributed by atoms with Crippen molar-refractivity contribution in [2.45, 2.75) is 37.8 Å². The smallest absolute Gasteiger partial charge is 0.271 e. The number of benzene rings is 2. The van der Waals surface area contributed by atoms with Crippen LogP contribution in [0.25, 0.3) is 34.0 Å². The molecule has 2 unspecified atom stereocenters. The number of nitrogens with zero attached hydrogens (tertiary/aromatic N) is 2. The van der Waals surface area contributed by atoms with Gasteiger partial charge in [0, 0.05) is 67.4 Å². The normalized spacial score (nSPS) is 23.2. The molecule has 7 rings (SSSR count). The second kappa shape index (κ2) is 11.4. The van der Waals surface area contributed by atoms with Crippen LogP contribution in [-0.4, -0.2) is 68.6 Å². The maximum Gasteiger partial charge on any atom is 0.271 e. The molecule has 2 atom stereocenters. The van der Waals surface area contributed by atoms with Gasteiger partial charge in [0.15, 0.2) is 0 Å². The van der Waals surface area contributed by atoms with E-state index in [0.29, 0.717) is 38.8 Å².